The smallest absolute Gasteiger partial charge is 0.243 e. The van der Waals surface area contributed by atoms with Gasteiger partial charge in [-0.05, 0) is 61.7 Å². The van der Waals surface area contributed by atoms with Gasteiger partial charge in [-0.3, -0.25) is 4.79 Å². The zero-order chi connectivity index (χ0) is 22.6. The third-order valence-corrected chi connectivity index (χ3v) is 7.23. The van der Waals surface area contributed by atoms with Gasteiger partial charge in [-0.15, -0.1) is 0 Å². The molecule has 162 valence electrons. The van der Waals surface area contributed by atoms with Crippen LogP contribution in [0.15, 0.2) is 77.7 Å². The van der Waals surface area contributed by atoms with Crippen LogP contribution in [0.3, 0.4) is 0 Å². The fraction of sp³-hybridized carbons (Fsp3) is 0.240. The number of sulfonamides is 1. The molecule has 0 aliphatic rings. The molecule has 31 heavy (non-hydrogen) atoms. The standard InChI is InChI=1S/C25H28N2O3S/c1-19-10-14-24(15-11-19)31(29,30)27(17-22-8-6-5-7-9-22)18-25(28)26(4)23-13-12-20(2)21(3)16-23/h5-16H,17-18H2,1-4H3. The molecular formula is C25H28N2O3S. The largest absolute Gasteiger partial charge is 0.314 e. The summed E-state index contributed by atoms with van der Waals surface area (Å²) in [6.07, 6.45) is 0. The van der Waals surface area contributed by atoms with Crippen LogP contribution in [0.4, 0.5) is 5.69 Å². The van der Waals surface area contributed by atoms with Gasteiger partial charge < -0.3 is 4.90 Å². The second-order valence-corrected chi connectivity index (χ2v) is 9.73. The monoisotopic (exact) mass is 436 g/mol. The van der Waals surface area contributed by atoms with Crippen LogP contribution >= 0.6 is 0 Å². The van der Waals surface area contributed by atoms with Gasteiger partial charge in [-0.2, -0.15) is 4.31 Å². The van der Waals surface area contributed by atoms with Gasteiger partial charge in [-0.1, -0.05) is 54.1 Å². The number of aryl methyl sites for hydroxylation is 3. The molecule has 0 bridgehead atoms. The first kappa shape index (κ1) is 22.7. The van der Waals surface area contributed by atoms with Crippen molar-refractivity contribution in [1.82, 2.24) is 4.31 Å². The second-order valence-electron chi connectivity index (χ2n) is 7.79. The van der Waals surface area contributed by atoms with E-state index in [2.05, 4.69) is 0 Å². The average Bonchev–Trinajstić information content (AvgIpc) is 2.75. The molecule has 0 atom stereocenters. The molecule has 0 saturated heterocycles. The Morgan fingerprint density at radius 2 is 1.48 bits per heavy atom. The van der Waals surface area contributed by atoms with Crippen LogP contribution in [-0.4, -0.2) is 32.2 Å². The van der Waals surface area contributed by atoms with Gasteiger partial charge in [0.15, 0.2) is 0 Å². The summed E-state index contributed by atoms with van der Waals surface area (Å²) in [5.74, 6) is -0.296. The van der Waals surface area contributed by atoms with Gasteiger partial charge in [0.25, 0.3) is 0 Å². The molecule has 0 spiro atoms. The number of nitrogens with zero attached hydrogens (tertiary/aromatic N) is 2. The van der Waals surface area contributed by atoms with E-state index in [1.54, 1.807) is 31.3 Å². The molecule has 6 heteroatoms. The van der Waals surface area contributed by atoms with Crippen molar-refractivity contribution in [1.29, 1.82) is 0 Å². The highest BCUT2D eigenvalue weighted by Gasteiger charge is 2.28. The Hall–Kier alpha value is -2.96. The van der Waals surface area contributed by atoms with Crippen LogP contribution in [-0.2, 0) is 21.4 Å². The topological polar surface area (TPSA) is 57.7 Å². The molecular weight excluding hydrogens is 408 g/mol. The number of benzene rings is 3. The van der Waals surface area contributed by atoms with Crippen molar-refractivity contribution in [3.63, 3.8) is 0 Å². The number of carbonyl (C=O) groups excluding carboxylic acids is 1. The van der Waals surface area contributed by atoms with E-state index in [9.17, 15) is 13.2 Å². The highest BCUT2D eigenvalue weighted by molar-refractivity contribution is 7.89. The molecule has 0 fully saturated rings. The molecule has 0 heterocycles. The summed E-state index contributed by atoms with van der Waals surface area (Å²) in [6, 6.07) is 21.8. The quantitative estimate of drug-likeness (QED) is 0.549. The number of hydrogen-bond acceptors (Lipinski definition) is 3. The van der Waals surface area contributed by atoms with Crippen LogP contribution in [0.2, 0.25) is 0 Å². The lowest BCUT2D eigenvalue weighted by atomic mass is 10.1. The van der Waals surface area contributed by atoms with E-state index >= 15 is 0 Å². The summed E-state index contributed by atoms with van der Waals surface area (Å²) in [7, 11) is -2.18. The Morgan fingerprint density at radius 1 is 0.839 bits per heavy atom. The molecule has 0 N–H and O–H groups in total. The van der Waals surface area contributed by atoms with Crippen molar-refractivity contribution >= 4 is 21.6 Å². The minimum absolute atomic E-state index is 0.115. The minimum Gasteiger partial charge on any atom is -0.314 e. The molecule has 0 unspecified atom stereocenters. The van der Waals surface area contributed by atoms with E-state index in [-0.39, 0.29) is 23.9 Å². The Labute approximate surface area is 185 Å². The molecule has 3 aromatic rings. The predicted octanol–water partition coefficient (Wildman–Crippen LogP) is 4.47. The molecule has 5 nitrogen and oxygen atoms in total. The zero-order valence-corrected chi connectivity index (χ0v) is 19.2. The molecule has 0 aromatic heterocycles. The van der Waals surface area contributed by atoms with E-state index in [0.29, 0.717) is 0 Å². The van der Waals surface area contributed by atoms with Gasteiger partial charge in [0.1, 0.15) is 0 Å². The van der Waals surface area contributed by atoms with Gasteiger partial charge >= 0.3 is 0 Å². The fourth-order valence-electron chi connectivity index (χ4n) is 3.21. The highest BCUT2D eigenvalue weighted by Crippen LogP contribution is 2.21. The molecule has 0 aliphatic carbocycles. The number of amides is 1. The highest BCUT2D eigenvalue weighted by atomic mass is 32.2. The Morgan fingerprint density at radius 3 is 2.10 bits per heavy atom. The van der Waals surface area contributed by atoms with E-state index in [1.165, 1.54) is 9.21 Å². The lowest BCUT2D eigenvalue weighted by Gasteiger charge is -2.25. The van der Waals surface area contributed by atoms with Crippen molar-refractivity contribution in [2.24, 2.45) is 0 Å². The molecule has 0 saturated carbocycles. The third-order valence-electron chi connectivity index (χ3n) is 5.42. The maximum atomic E-state index is 13.4. The Balaban J connectivity index is 1.91. The minimum atomic E-state index is -3.86. The van der Waals surface area contributed by atoms with E-state index < -0.39 is 10.0 Å². The van der Waals surface area contributed by atoms with Crippen LogP contribution in [0, 0.1) is 20.8 Å². The van der Waals surface area contributed by atoms with Crippen LogP contribution in [0.5, 0.6) is 0 Å². The van der Waals surface area contributed by atoms with E-state index in [4.69, 9.17) is 0 Å². The fourth-order valence-corrected chi connectivity index (χ4v) is 4.58. The lowest BCUT2D eigenvalue weighted by Crippen LogP contribution is -2.41. The predicted molar refractivity (Wildman–Crippen MR) is 125 cm³/mol. The van der Waals surface area contributed by atoms with Crippen molar-refractivity contribution in [3.05, 3.63) is 95.1 Å². The summed E-state index contributed by atoms with van der Waals surface area (Å²) in [6.45, 7) is 5.76. The summed E-state index contributed by atoms with van der Waals surface area (Å²) in [5.41, 5.74) is 4.74. The summed E-state index contributed by atoms with van der Waals surface area (Å²) < 4.78 is 28.0. The van der Waals surface area contributed by atoms with E-state index in [0.717, 1.165) is 27.9 Å². The van der Waals surface area contributed by atoms with Gasteiger partial charge in [0, 0.05) is 19.3 Å². The normalized spacial score (nSPS) is 11.5. The van der Waals surface area contributed by atoms with Gasteiger partial charge in [0.2, 0.25) is 15.9 Å². The summed E-state index contributed by atoms with van der Waals surface area (Å²) in [5, 5.41) is 0. The number of likely N-dealkylation sites (N-methyl/N-ethyl adjacent to an activating group) is 1. The van der Waals surface area contributed by atoms with Crippen molar-refractivity contribution in [3.8, 4) is 0 Å². The first-order valence-electron chi connectivity index (χ1n) is 10.1. The van der Waals surface area contributed by atoms with E-state index in [1.807, 2.05) is 69.3 Å². The molecule has 3 rings (SSSR count). The zero-order valence-electron chi connectivity index (χ0n) is 18.4. The number of carbonyl (C=O) groups is 1. The summed E-state index contributed by atoms with van der Waals surface area (Å²) >= 11 is 0. The molecule has 0 aliphatic heterocycles. The first-order valence-corrected chi connectivity index (χ1v) is 11.6. The SMILES string of the molecule is Cc1ccc(S(=O)(=O)N(CC(=O)N(C)c2ccc(C)c(C)c2)Cc2ccccc2)cc1. The van der Waals surface area contributed by atoms with Crippen molar-refractivity contribution < 1.29 is 13.2 Å². The van der Waals surface area contributed by atoms with Crippen molar-refractivity contribution in [2.75, 3.05) is 18.5 Å². The maximum absolute atomic E-state index is 13.4. The second kappa shape index (κ2) is 9.45. The number of hydrogen-bond donors (Lipinski definition) is 0. The number of rotatable bonds is 7. The van der Waals surface area contributed by atoms with Crippen molar-refractivity contribution in [2.45, 2.75) is 32.2 Å². The van der Waals surface area contributed by atoms with Gasteiger partial charge in [-0.25, -0.2) is 8.42 Å². The molecule has 0 radical (unpaired) electrons. The number of anilines is 1. The van der Waals surface area contributed by atoms with Crippen LogP contribution < -0.4 is 4.90 Å². The van der Waals surface area contributed by atoms with Crippen LogP contribution in [0.25, 0.3) is 0 Å². The Bertz CT molecular complexity index is 1160. The first-order chi connectivity index (χ1) is 14.7. The Kier molecular flexibility index (Phi) is 6.93. The average molecular weight is 437 g/mol. The lowest BCUT2D eigenvalue weighted by molar-refractivity contribution is -0.118. The van der Waals surface area contributed by atoms with Crippen LogP contribution in [0.1, 0.15) is 22.3 Å². The summed E-state index contributed by atoms with van der Waals surface area (Å²) in [4.78, 5) is 14.8. The third kappa shape index (κ3) is 5.40. The molecule has 1 amide bonds. The molecule has 3 aromatic carbocycles. The maximum Gasteiger partial charge on any atom is 0.243 e. The van der Waals surface area contributed by atoms with Gasteiger partial charge in [0.05, 0.1) is 11.4 Å².